The Balaban J connectivity index is 1.36. The van der Waals surface area contributed by atoms with E-state index in [0.29, 0.717) is 29.5 Å². The van der Waals surface area contributed by atoms with E-state index in [4.69, 9.17) is 17.3 Å². The van der Waals surface area contributed by atoms with Crippen LogP contribution in [0.4, 0.5) is 11.8 Å². The molecule has 0 atom stereocenters. The van der Waals surface area contributed by atoms with Gasteiger partial charge in [-0.3, -0.25) is 4.79 Å². The fourth-order valence-corrected chi connectivity index (χ4v) is 4.18. The van der Waals surface area contributed by atoms with Crippen molar-refractivity contribution in [2.24, 2.45) is 0 Å². The standard InChI is InChI=1S/C24H22ClN7O/c25-18-5-3-4-16(12-18)19-15-29-24(26)30-22(19)17-13-20(28-14-17)23(33)32-10-8-31(9-11-32)21-6-1-2-7-27-21/h1-7,12-15,28H,8-11H2,(H2,26,29,30). The molecule has 1 aliphatic heterocycles. The van der Waals surface area contributed by atoms with Crippen LogP contribution in [0.2, 0.25) is 5.02 Å². The van der Waals surface area contributed by atoms with E-state index in [-0.39, 0.29) is 11.9 Å². The van der Waals surface area contributed by atoms with Crippen molar-refractivity contribution in [3.8, 4) is 22.4 Å². The first kappa shape index (κ1) is 21.0. The number of aromatic nitrogens is 4. The van der Waals surface area contributed by atoms with Gasteiger partial charge in [0.2, 0.25) is 5.95 Å². The van der Waals surface area contributed by atoms with Crippen molar-refractivity contribution >= 4 is 29.3 Å². The van der Waals surface area contributed by atoms with Crippen LogP contribution < -0.4 is 10.6 Å². The summed E-state index contributed by atoms with van der Waals surface area (Å²) in [5, 5.41) is 0.616. The van der Waals surface area contributed by atoms with Crippen LogP contribution in [-0.2, 0) is 0 Å². The second-order valence-corrected chi connectivity index (χ2v) is 8.21. The highest BCUT2D eigenvalue weighted by Crippen LogP contribution is 2.32. The number of piperazine rings is 1. The first-order valence-corrected chi connectivity index (χ1v) is 11.0. The zero-order chi connectivity index (χ0) is 22.8. The van der Waals surface area contributed by atoms with E-state index >= 15 is 0 Å². The fourth-order valence-electron chi connectivity index (χ4n) is 3.99. The summed E-state index contributed by atoms with van der Waals surface area (Å²) in [6.07, 6.45) is 5.23. The number of carbonyl (C=O) groups excluding carboxylic acids is 1. The Hall–Kier alpha value is -3.91. The second-order valence-electron chi connectivity index (χ2n) is 7.77. The zero-order valence-corrected chi connectivity index (χ0v) is 18.5. The molecule has 3 N–H and O–H groups in total. The first-order chi connectivity index (χ1) is 16.1. The van der Waals surface area contributed by atoms with E-state index in [1.165, 1.54) is 0 Å². The van der Waals surface area contributed by atoms with Crippen LogP contribution in [0, 0.1) is 0 Å². The van der Waals surface area contributed by atoms with E-state index in [1.54, 1.807) is 18.6 Å². The summed E-state index contributed by atoms with van der Waals surface area (Å²) in [4.78, 5) is 33.3. The van der Waals surface area contributed by atoms with Gasteiger partial charge in [0.25, 0.3) is 5.91 Å². The maximum atomic E-state index is 13.1. The van der Waals surface area contributed by atoms with E-state index in [0.717, 1.165) is 35.6 Å². The van der Waals surface area contributed by atoms with Crippen molar-refractivity contribution in [1.82, 2.24) is 24.8 Å². The Morgan fingerprint density at radius 1 is 1.00 bits per heavy atom. The summed E-state index contributed by atoms with van der Waals surface area (Å²) < 4.78 is 0. The monoisotopic (exact) mass is 459 g/mol. The molecule has 3 aromatic heterocycles. The second kappa shape index (κ2) is 8.91. The predicted molar refractivity (Wildman–Crippen MR) is 129 cm³/mol. The van der Waals surface area contributed by atoms with E-state index < -0.39 is 0 Å². The number of carbonyl (C=O) groups is 1. The summed E-state index contributed by atoms with van der Waals surface area (Å²) in [6.45, 7) is 2.71. The SMILES string of the molecule is Nc1ncc(-c2cccc(Cl)c2)c(-c2c[nH]c(C(=O)N3CCN(c4ccccn4)CC3)c2)n1. The molecule has 166 valence electrons. The lowest BCUT2D eigenvalue weighted by molar-refractivity contribution is 0.0741. The number of nitrogens with zero attached hydrogens (tertiary/aromatic N) is 5. The number of anilines is 2. The normalized spacial score (nSPS) is 13.8. The Morgan fingerprint density at radius 2 is 1.85 bits per heavy atom. The van der Waals surface area contributed by atoms with E-state index in [1.807, 2.05) is 53.4 Å². The molecule has 8 nitrogen and oxygen atoms in total. The van der Waals surface area contributed by atoms with Crippen molar-refractivity contribution in [3.63, 3.8) is 0 Å². The molecule has 0 aliphatic carbocycles. The lowest BCUT2D eigenvalue weighted by Crippen LogP contribution is -2.49. The molecule has 9 heteroatoms. The van der Waals surface area contributed by atoms with Crippen molar-refractivity contribution < 1.29 is 4.79 Å². The molecule has 0 saturated carbocycles. The molecular weight excluding hydrogens is 438 g/mol. The molecular formula is C24H22ClN7O. The molecule has 5 rings (SSSR count). The summed E-state index contributed by atoms with van der Waals surface area (Å²) in [6, 6.07) is 15.1. The zero-order valence-electron chi connectivity index (χ0n) is 17.8. The number of nitrogens with two attached hydrogens (primary N) is 1. The van der Waals surface area contributed by atoms with Gasteiger partial charge in [0, 0.05) is 60.9 Å². The molecule has 1 amide bonds. The fraction of sp³-hybridized carbons (Fsp3) is 0.167. The van der Waals surface area contributed by atoms with Crippen LogP contribution >= 0.6 is 11.6 Å². The third kappa shape index (κ3) is 4.38. The molecule has 0 radical (unpaired) electrons. The lowest BCUT2D eigenvalue weighted by Gasteiger charge is -2.35. The minimum atomic E-state index is -0.0479. The Bertz CT molecular complexity index is 1280. The van der Waals surface area contributed by atoms with Crippen LogP contribution in [0.25, 0.3) is 22.4 Å². The van der Waals surface area contributed by atoms with Crippen LogP contribution in [0.5, 0.6) is 0 Å². The minimum Gasteiger partial charge on any atom is -0.368 e. The molecule has 4 aromatic rings. The average Bonchev–Trinajstić information content (AvgIpc) is 3.34. The number of pyridine rings is 1. The topological polar surface area (TPSA) is 104 Å². The third-order valence-corrected chi connectivity index (χ3v) is 5.91. The number of halogens is 1. The van der Waals surface area contributed by atoms with Crippen molar-refractivity contribution in [1.29, 1.82) is 0 Å². The number of nitrogens with one attached hydrogen (secondary N) is 1. The van der Waals surface area contributed by atoms with Crippen molar-refractivity contribution in [2.45, 2.75) is 0 Å². The molecule has 1 aliphatic rings. The Kier molecular flexibility index (Phi) is 5.66. The number of amides is 1. The van der Waals surface area contributed by atoms with Crippen LogP contribution in [0.1, 0.15) is 10.5 Å². The van der Waals surface area contributed by atoms with Crippen LogP contribution in [0.3, 0.4) is 0 Å². The lowest BCUT2D eigenvalue weighted by atomic mass is 10.0. The van der Waals surface area contributed by atoms with Gasteiger partial charge in [-0.25, -0.2) is 15.0 Å². The van der Waals surface area contributed by atoms with Crippen LogP contribution in [-0.4, -0.2) is 56.9 Å². The van der Waals surface area contributed by atoms with Crippen molar-refractivity contribution in [3.05, 3.63) is 77.8 Å². The number of rotatable bonds is 4. The highest BCUT2D eigenvalue weighted by Gasteiger charge is 2.24. The molecule has 1 saturated heterocycles. The molecule has 0 spiro atoms. The first-order valence-electron chi connectivity index (χ1n) is 10.6. The molecule has 33 heavy (non-hydrogen) atoms. The molecule has 1 aromatic carbocycles. The van der Waals surface area contributed by atoms with Gasteiger partial charge in [-0.1, -0.05) is 29.8 Å². The molecule has 1 fully saturated rings. The predicted octanol–water partition coefficient (Wildman–Crippen LogP) is 3.73. The number of nitrogen functional groups attached to an aromatic ring is 1. The molecule has 0 bridgehead atoms. The van der Waals surface area contributed by atoms with Gasteiger partial charge in [-0.15, -0.1) is 0 Å². The highest BCUT2D eigenvalue weighted by atomic mass is 35.5. The summed E-state index contributed by atoms with van der Waals surface area (Å²) in [7, 11) is 0. The van der Waals surface area contributed by atoms with Crippen molar-refractivity contribution in [2.75, 3.05) is 36.8 Å². The maximum Gasteiger partial charge on any atom is 0.270 e. The van der Waals surface area contributed by atoms with Gasteiger partial charge in [0.15, 0.2) is 0 Å². The van der Waals surface area contributed by atoms with Gasteiger partial charge in [-0.05, 0) is 35.9 Å². The van der Waals surface area contributed by atoms with E-state index in [9.17, 15) is 4.79 Å². The maximum absolute atomic E-state index is 13.1. The van der Waals surface area contributed by atoms with Crippen LogP contribution in [0.15, 0.2) is 67.1 Å². The van der Waals surface area contributed by atoms with E-state index in [2.05, 4.69) is 24.8 Å². The molecule has 4 heterocycles. The number of benzene rings is 1. The quantitative estimate of drug-likeness (QED) is 0.482. The average molecular weight is 460 g/mol. The number of hydrogen-bond acceptors (Lipinski definition) is 6. The number of hydrogen-bond donors (Lipinski definition) is 2. The Labute approximate surface area is 196 Å². The van der Waals surface area contributed by atoms with Gasteiger partial charge in [-0.2, -0.15) is 0 Å². The van der Waals surface area contributed by atoms with Gasteiger partial charge >= 0.3 is 0 Å². The third-order valence-electron chi connectivity index (χ3n) is 5.67. The smallest absolute Gasteiger partial charge is 0.270 e. The van der Waals surface area contributed by atoms with Gasteiger partial charge in [0.1, 0.15) is 11.5 Å². The summed E-state index contributed by atoms with van der Waals surface area (Å²) in [5.41, 5.74) is 9.44. The largest absolute Gasteiger partial charge is 0.368 e. The summed E-state index contributed by atoms with van der Waals surface area (Å²) in [5.74, 6) is 1.05. The minimum absolute atomic E-state index is 0.0479. The number of aromatic amines is 1. The van der Waals surface area contributed by atoms with Gasteiger partial charge in [0.05, 0.1) is 5.69 Å². The number of H-pyrrole nitrogens is 1. The summed E-state index contributed by atoms with van der Waals surface area (Å²) >= 11 is 6.18. The molecule has 0 unspecified atom stereocenters. The highest BCUT2D eigenvalue weighted by molar-refractivity contribution is 6.30. The Morgan fingerprint density at radius 3 is 2.61 bits per heavy atom. The van der Waals surface area contributed by atoms with Gasteiger partial charge < -0.3 is 20.5 Å².